The second-order valence-corrected chi connectivity index (χ2v) is 6.31. The molecule has 1 fully saturated rings. The van der Waals surface area contributed by atoms with Crippen molar-refractivity contribution in [1.82, 2.24) is 4.90 Å². The van der Waals surface area contributed by atoms with E-state index in [-0.39, 0.29) is 11.9 Å². The van der Waals surface area contributed by atoms with Gasteiger partial charge in [-0.05, 0) is 50.2 Å². The first kappa shape index (κ1) is 15.3. The van der Waals surface area contributed by atoms with E-state index in [1.807, 2.05) is 13.0 Å². The number of likely N-dealkylation sites (tertiary alicyclic amines) is 1. The largest absolute Gasteiger partial charge is 0.323 e. The lowest BCUT2D eigenvalue weighted by Gasteiger charge is -2.34. The van der Waals surface area contributed by atoms with Gasteiger partial charge in [-0.3, -0.25) is 9.69 Å². The minimum atomic E-state index is 0.0284. The van der Waals surface area contributed by atoms with E-state index in [9.17, 15) is 4.79 Å². The highest BCUT2D eigenvalue weighted by atomic mass is 32.1. The van der Waals surface area contributed by atoms with Crippen LogP contribution < -0.4 is 5.32 Å². The number of amides is 1. The van der Waals surface area contributed by atoms with Gasteiger partial charge in [0.1, 0.15) is 0 Å². The van der Waals surface area contributed by atoms with Crippen LogP contribution in [0.2, 0.25) is 0 Å². The van der Waals surface area contributed by atoms with Crippen molar-refractivity contribution in [3.05, 3.63) is 22.4 Å². The molecule has 0 saturated carbocycles. The lowest BCUT2D eigenvalue weighted by molar-refractivity contribution is -0.122. The summed E-state index contributed by atoms with van der Waals surface area (Å²) in [5.41, 5.74) is 2.06. The van der Waals surface area contributed by atoms with Crippen molar-refractivity contribution in [3.63, 3.8) is 0 Å². The Morgan fingerprint density at radius 2 is 2.40 bits per heavy atom. The average Bonchev–Trinajstić information content (AvgIpc) is 2.80. The van der Waals surface area contributed by atoms with E-state index in [0.29, 0.717) is 0 Å². The Morgan fingerprint density at radius 3 is 3.10 bits per heavy atom. The molecule has 1 aliphatic heterocycles. The van der Waals surface area contributed by atoms with Crippen LogP contribution >= 0.6 is 11.3 Å². The molecule has 1 amide bonds. The monoisotopic (exact) mass is 292 g/mol. The number of anilines is 1. The summed E-state index contributed by atoms with van der Waals surface area (Å²) in [7, 11) is 0. The zero-order valence-corrected chi connectivity index (χ0v) is 13.3. The molecule has 3 nitrogen and oxygen atoms in total. The Kier molecular flexibility index (Phi) is 5.38. The SMILES string of the molecule is C=Cc1scc(C)c1NC(=O)C1CCCCN1CCC. The summed E-state index contributed by atoms with van der Waals surface area (Å²) in [5, 5.41) is 5.19. The third kappa shape index (κ3) is 3.30. The van der Waals surface area contributed by atoms with Crippen LogP contribution in [-0.4, -0.2) is 29.9 Å². The summed E-state index contributed by atoms with van der Waals surface area (Å²) >= 11 is 1.63. The van der Waals surface area contributed by atoms with Gasteiger partial charge < -0.3 is 5.32 Å². The Morgan fingerprint density at radius 1 is 1.60 bits per heavy atom. The van der Waals surface area contributed by atoms with Gasteiger partial charge in [0.2, 0.25) is 5.91 Å². The van der Waals surface area contributed by atoms with Crippen molar-refractivity contribution in [1.29, 1.82) is 0 Å². The average molecular weight is 292 g/mol. The fourth-order valence-corrected chi connectivity index (χ4v) is 3.67. The maximum absolute atomic E-state index is 12.6. The van der Waals surface area contributed by atoms with Gasteiger partial charge in [0.05, 0.1) is 16.6 Å². The molecule has 1 aliphatic rings. The Bertz CT molecular complexity index is 479. The lowest BCUT2D eigenvalue weighted by Crippen LogP contribution is -2.47. The number of aryl methyl sites for hydroxylation is 1. The van der Waals surface area contributed by atoms with Crippen molar-refractivity contribution in [2.45, 2.75) is 45.6 Å². The first-order chi connectivity index (χ1) is 9.67. The molecular formula is C16H24N2OS. The second-order valence-electron chi connectivity index (χ2n) is 5.40. The van der Waals surface area contributed by atoms with Gasteiger partial charge in [0.25, 0.3) is 0 Å². The molecule has 20 heavy (non-hydrogen) atoms. The van der Waals surface area contributed by atoms with Crippen molar-refractivity contribution in [2.24, 2.45) is 0 Å². The number of carbonyl (C=O) groups is 1. The van der Waals surface area contributed by atoms with E-state index in [2.05, 4.69) is 29.1 Å². The Labute approximate surface area is 125 Å². The second kappa shape index (κ2) is 7.04. The molecule has 1 aromatic heterocycles. The molecule has 1 N–H and O–H groups in total. The summed E-state index contributed by atoms with van der Waals surface area (Å²) in [5.74, 6) is 0.141. The third-order valence-electron chi connectivity index (χ3n) is 3.86. The molecule has 0 bridgehead atoms. The lowest BCUT2D eigenvalue weighted by atomic mass is 10.0. The Hall–Kier alpha value is -1.13. The van der Waals surface area contributed by atoms with Gasteiger partial charge in [-0.2, -0.15) is 0 Å². The molecule has 1 aromatic rings. The first-order valence-corrected chi connectivity index (χ1v) is 8.30. The summed E-state index contributed by atoms with van der Waals surface area (Å²) in [6.45, 7) is 10.1. The number of nitrogens with one attached hydrogen (secondary N) is 1. The third-order valence-corrected chi connectivity index (χ3v) is 4.96. The van der Waals surface area contributed by atoms with Gasteiger partial charge in [-0.25, -0.2) is 0 Å². The molecule has 0 aliphatic carbocycles. The van der Waals surface area contributed by atoms with Crippen molar-refractivity contribution < 1.29 is 4.79 Å². The molecule has 1 saturated heterocycles. The van der Waals surface area contributed by atoms with Gasteiger partial charge in [-0.1, -0.05) is 26.0 Å². The minimum Gasteiger partial charge on any atom is -0.323 e. The van der Waals surface area contributed by atoms with Crippen molar-refractivity contribution in [3.8, 4) is 0 Å². The number of hydrogen-bond donors (Lipinski definition) is 1. The summed E-state index contributed by atoms with van der Waals surface area (Å²) in [6.07, 6.45) is 6.24. The topological polar surface area (TPSA) is 32.3 Å². The van der Waals surface area contributed by atoms with Crippen molar-refractivity contribution >= 4 is 29.0 Å². The summed E-state index contributed by atoms with van der Waals surface area (Å²) in [4.78, 5) is 16.0. The Balaban J connectivity index is 2.09. The molecule has 0 radical (unpaired) electrons. The van der Waals surface area contributed by atoms with E-state index in [1.54, 1.807) is 11.3 Å². The number of carbonyl (C=O) groups excluding carboxylic acids is 1. The predicted molar refractivity (Wildman–Crippen MR) is 87.3 cm³/mol. The highest BCUT2D eigenvalue weighted by molar-refractivity contribution is 7.11. The van der Waals surface area contributed by atoms with Crippen LogP contribution in [0.4, 0.5) is 5.69 Å². The predicted octanol–water partition coefficient (Wildman–Crippen LogP) is 3.90. The fraction of sp³-hybridized carbons (Fsp3) is 0.562. The van der Waals surface area contributed by atoms with E-state index in [4.69, 9.17) is 0 Å². The number of thiophene rings is 1. The van der Waals surface area contributed by atoms with Crippen LogP contribution in [0, 0.1) is 6.92 Å². The van der Waals surface area contributed by atoms with Crippen LogP contribution in [0.15, 0.2) is 12.0 Å². The summed E-state index contributed by atoms with van der Waals surface area (Å²) < 4.78 is 0. The highest BCUT2D eigenvalue weighted by Gasteiger charge is 2.28. The molecule has 110 valence electrons. The molecule has 0 aromatic carbocycles. The first-order valence-electron chi connectivity index (χ1n) is 7.42. The number of hydrogen-bond acceptors (Lipinski definition) is 3. The van der Waals surface area contributed by atoms with Crippen LogP contribution in [0.3, 0.4) is 0 Å². The molecule has 2 rings (SSSR count). The van der Waals surface area contributed by atoms with Crippen molar-refractivity contribution in [2.75, 3.05) is 18.4 Å². The molecular weight excluding hydrogens is 268 g/mol. The number of rotatable bonds is 5. The maximum Gasteiger partial charge on any atom is 0.241 e. The summed E-state index contributed by atoms with van der Waals surface area (Å²) in [6, 6.07) is 0.0284. The molecule has 2 heterocycles. The zero-order chi connectivity index (χ0) is 14.5. The molecule has 1 atom stereocenters. The maximum atomic E-state index is 12.6. The highest BCUT2D eigenvalue weighted by Crippen LogP contribution is 2.29. The quantitative estimate of drug-likeness (QED) is 0.892. The number of nitrogens with zero attached hydrogens (tertiary/aromatic N) is 1. The van der Waals surface area contributed by atoms with E-state index in [1.165, 1.54) is 6.42 Å². The van der Waals surface area contributed by atoms with E-state index >= 15 is 0 Å². The fourth-order valence-electron chi connectivity index (χ4n) is 2.82. The van der Waals surface area contributed by atoms with Gasteiger partial charge in [0, 0.05) is 0 Å². The van der Waals surface area contributed by atoms with Gasteiger partial charge >= 0.3 is 0 Å². The molecule has 4 heteroatoms. The normalized spacial score (nSPS) is 19.8. The van der Waals surface area contributed by atoms with Crippen LogP contribution in [-0.2, 0) is 4.79 Å². The van der Waals surface area contributed by atoms with E-state index < -0.39 is 0 Å². The van der Waals surface area contributed by atoms with Crippen LogP contribution in [0.1, 0.15) is 43.0 Å². The van der Waals surface area contributed by atoms with Crippen LogP contribution in [0.5, 0.6) is 0 Å². The standard InChI is InChI=1S/C16H24N2OS/c1-4-9-18-10-7-6-8-13(18)16(19)17-15-12(3)11-20-14(15)5-2/h5,11,13H,2,4,6-10H2,1,3H3,(H,17,19). The van der Waals surface area contributed by atoms with E-state index in [0.717, 1.165) is 48.5 Å². The zero-order valence-electron chi connectivity index (χ0n) is 12.4. The molecule has 1 unspecified atom stereocenters. The number of piperidine rings is 1. The van der Waals surface area contributed by atoms with Gasteiger partial charge in [0.15, 0.2) is 0 Å². The minimum absolute atomic E-state index is 0.0284. The molecule has 0 spiro atoms. The van der Waals surface area contributed by atoms with Gasteiger partial charge in [-0.15, -0.1) is 11.3 Å². The smallest absolute Gasteiger partial charge is 0.241 e. The van der Waals surface area contributed by atoms with Crippen LogP contribution in [0.25, 0.3) is 6.08 Å².